The Morgan fingerprint density at radius 2 is 2.19 bits per heavy atom. The summed E-state index contributed by atoms with van der Waals surface area (Å²) in [5.41, 5.74) is 0. The molecule has 0 spiro atoms. The summed E-state index contributed by atoms with van der Waals surface area (Å²) < 4.78 is 12.9. The van der Waals surface area contributed by atoms with E-state index < -0.39 is 10.8 Å². The molecule has 0 amide bonds. The van der Waals surface area contributed by atoms with Gasteiger partial charge in [-0.2, -0.15) is 0 Å². The van der Waals surface area contributed by atoms with Crippen LogP contribution in [0.2, 0.25) is 0 Å². The molecule has 1 rings (SSSR count). The summed E-state index contributed by atoms with van der Waals surface area (Å²) in [5.74, 6) is 1.36. The molecule has 1 N–H and O–H groups in total. The third-order valence-electron chi connectivity index (χ3n) is 2.31. The van der Waals surface area contributed by atoms with Crippen LogP contribution in [0.25, 0.3) is 0 Å². The van der Waals surface area contributed by atoms with Crippen LogP contribution < -0.4 is 5.32 Å². The number of aromatic nitrogens is 4. The van der Waals surface area contributed by atoms with Crippen molar-refractivity contribution in [1.82, 2.24) is 25.5 Å². The Morgan fingerprint density at radius 1 is 1.50 bits per heavy atom. The number of hydrogen-bond acceptors (Lipinski definition) is 5. The molecule has 1 heterocycles. The average Bonchev–Trinajstić information content (AvgIpc) is 2.65. The van der Waals surface area contributed by atoms with Gasteiger partial charge in [-0.25, -0.2) is 4.68 Å². The van der Waals surface area contributed by atoms with E-state index in [9.17, 15) is 4.21 Å². The average molecular weight is 245 g/mol. The summed E-state index contributed by atoms with van der Waals surface area (Å²) in [6.07, 6.45) is 1.69. The maximum absolute atomic E-state index is 11.2. The second kappa shape index (κ2) is 6.05. The van der Waals surface area contributed by atoms with E-state index in [-0.39, 0.29) is 12.1 Å². The fourth-order valence-corrected chi connectivity index (χ4v) is 2.43. The molecule has 0 saturated heterocycles. The number of nitrogens with zero attached hydrogens (tertiary/aromatic N) is 4. The zero-order chi connectivity index (χ0) is 12.1. The highest BCUT2D eigenvalue weighted by atomic mass is 32.2. The zero-order valence-corrected chi connectivity index (χ0v) is 11.0. The van der Waals surface area contributed by atoms with Crippen LogP contribution in [0.5, 0.6) is 0 Å². The van der Waals surface area contributed by atoms with Gasteiger partial charge in [0.05, 0.1) is 12.1 Å². The molecule has 0 aromatic carbocycles. The summed E-state index contributed by atoms with van der Waals surface area (Å²) in [7, 11) is -0.842. The number of hydrogen-bond donors (Lipinski definition) is 1. The van der Waals surface area contributed by atoms with Gasteiger partial charge >= 0.3 is 0 Å². The van der Waals surface area contributed by atoms with E-state index in [1.165, 1.54) is 0 Å². The van der Waals surface area contributed by atoms with Crippen LogP contribution in [0.4, 0.5) is 0 Å². The molecule has 92 valence electrons. The normalized spacial score (nSPS) is 17.0. The summed E-state index contributed by atoms with van der Waals surface area (Å²) in [4.78, 5) is 0. The van der Waals surface area contributed by atoms with Gasteiger partial charge in [0.25, 0.3) is 0 Å². The van der Waals surface area contributed by atoms with Crippen molar-refractivity contribution in [2.75, 3.05) is 18.6 Å². The molecular weight excluding hydrogens is 226 g/mol. The van der Waals surface area contributed by atoms with E-state index >= 15 is 0 Å². The fraction of sp³-hybridized carbons (Fsp3) is 0.889. The Morgan fingerprint density at radius 3 is 2.75 bits per heavy atom. The van der Waals surface area contributed by atoms with Gasteiger partial charge in [-0.1, -0.05) is 6.92 Å². The highest BCUT2D eigenvalue weighted by Crippen LogP contribution is 2.13. The van der Waals surface area contributed by atoms with Crippen molar-refractivity contribution >= 4 is 10.8 Å². The molecule has 6 nitrogen and oxygen atoms in total. The molecule has 1 aromatic heterocycles. The van der Waals surface area contributed by atoms with Crippen molar-refractivity contribution in [1.29, 1.82) is 0 Å². The Labute approximate surface area is 98.3 Å². The van der Waals surface area contributed by atoms with Crippen LogP contribution in [0.3, 0.4) is 0 Å². The van der Waals surface area contributed by atoms with Crippen molar-refractivity contribution in [2.45, 2.75) is 32.9 Å². The molecule has 0 bridgehead atoms. The number of tetrazole rings is 1. The lowest BCUT2D eigenvalue weighted by atomic mass is 10.3. The van der Waals surface area contributed by atoms with Gasteiger partial charge in [0, 0.05) is 22.8 Å². The Kier molecular flexibility index (Phi) is 5.01. The first kappa shape index (κ1) is 13.2. The Hall–Kier alpha value is -0.820. The molecule has 3 unspecified atom stereocenters. The van der Waals surface area contributed by atoms with Gasteiger partial charge in [0.15, 0.2) is 5.82 Å². The standard InChI is InChI=1S/C9H19N5OS/c1-5-10-8(3)9-11-12-13-14(9)7(2)6-16(4)15/h7-8,10H,5-6H2,1-4H3. The van der Waals surface area contributed by atoms with E-state index in [0.29, 0.717) is 5.75 Å². The minimum atomic E-state index is -0.842. The topological polar surface area (TPSA) is 72.7 Å². The van der Waals surface area contributed by atoms with Gasteiger partial charge in [0.2, 0.25) is 0 Å². The largest absolute Gasteiger partial charge is 0.308 e. The first-order valence-corrected chi connectivity index (χ1v) is 7.10. The Bertz CT molecular complexity index is 353. The van der Waals surface area contributed by atoms with E-state index in [1.807, 2.05) is 20.8 Å². The molecule has 0 aliphatic rings. The van der Waals surface area contributed by atoms with Crippen molar-refractivity contribution in [3.05, 3.63) is 5.82 Å². The van der Waals surface area contributed by atoms with Crippen molar-refractivity contribution in [3.8, 4) is 0 Å². The van der Waals surface area contributed by atoms with Crippen LogP contribution >= 0.6 is 0 Å². The predicted molar refractivity (Wildman–Crippen MR) is 63.6 cm³/mol. The van der Waals surface area contributed by atoms with Gasteiger partial charge in [0.1, 0.15) is 0 Å². The highest BCUT2D eigenvalue weighted by Gasteiger charge is 2.18. The first-order chi connectivity index (χ1) is 7.56. The first-order valence-electron chi connectivity index (χ1n) is 5.37. The van der Waals surface area contributed by atoms with Gasteiger partial charge in [-0.05, 0) is 30.8 Å². The number of nitrogens with one attached hydrogen (secondary N) is 1. The van der Waals surface area contributed by atoms with Crippen molar-refractivity contribution < 1.29 is 4.21 Å². The molecule has 7 heteroatoms. The molecule has 0 saturated carbocycles. The minimum absolute atomic E-state index is 0.0527. The SMILES string of the molecule is CCNC(C)c1nnnn1C(C)CS(C)=O. The van der Waals surface area contributed by atoms with Crippen molar-refractivity contribution in [2.24, 2.45) is 0 Å². The van der Waals surface area contributed by atoms with E-state index in [0.717, 1.165) is 12.4 Å². The quantitative estimate of drug-likeness (QED) is 0.779. The van der Waals surface area contributed by atoms with E-state index in [2.05, 4.69) is 20.8 Å². The monoisotopic (exact) mass is 245 g/mol. The van der Waals surface area contributed by atoms with E-state index in [4.69, 9.17) is 0 Å². The fourth-order valence-electron chi connectivity index (χ4n) is 1.61. The summed E-state index contributed by atoms with van der Waals surface area (Å²) in [6.45, 7) is 6.89. The Balaban J connectivity index is 2.80. The second-order valence-electron chi connectivity index (χ2n) is 3.85. The smallest absolute Gasteiger partial charge is 0.168 e. The molecule has 1 aromatic rings. The molecule has 0 aliphatic carbocycles. The predicted octanol–water partition coefficient (Wildman–Crippen LogP) is 0.283. The second-order valence-corrected chi connectivity index (χ2v) is 5.33. The molecular formula is C9H19N5OS. The van der Waals surface area contributed by atoms with E-state index in [1.54, 1.807) is 10.9 Å². The van der Waals surface area contributed by atoms with Crippen LogP contribution in [0.15, 0.2) is 0 Å². The van der Waals surface area contributed by atoms with Gasteiger partial charge < -0.3 is 5.32 Å². The third-order valence-corrected chi connectivity index (χ3v) is 3.26. The lowest BCUT2D eigenvalue weighted by Crippen LogP contribution is -2.25. The highest BCUT2D eigenvalue weighted by molar-refractivity contribution is 7.84. The van der Waals surface area contributed by atoms with Crippen molar-refractivity contribution in [3.63, 3.8) is 0 Å². The summed E-state index contributed by atoms with van der Waals surface area (Å²) >= 11 is 0. The van der Waals surface area contributed by atoms with Crippen LogP contribution in [0.1, 0.15) is 38.7 Å². The molecule has 3 atom stereocenters. The van der Waals surface area contributed by atoms with Gasteiger partial charge in [-0.15, -0.1) is 5.10 Å². The molecule has 0 aliphatic heterocycles. The maximum atomic E-state index is 11.2. The summed E-state index contributed by atoms with van der Waals surface area (Å²) in [5, 5.41) is 14.9. The molecule has 0 radical (unpaired) electrons. The maximum Gasteiger partial charge on any atom is 0.168 e. The third kappa shape index (κ3) is 3.34. The number of rotatable bonds is 6. The summed E-state index contributed by atoms with van der Waals surface area (Å²) in [6, 6.07) is 0.157. The molecule has 16 heavy (non-hydrogen) atoms. The lowest BCUT2D eigenvalue weighted by molar-refractivity contribution is 0.455. The van der Waals surface area contributed by atoms with Gasteiger partial charge in [-0.3, -0.25) is 4.21 Å². The molecule has 0 fully saturated rings. The zero-order valence-electron chi connectivity index (χ0n) is 10.2. The minimum Gasteiger partial charge on any atom is -0.308 e. The lowest BCUT2D eigenvalue weighted by Gasteiger charge is -2.16. The van der Waals surface area contributed by atoms with Crippen LogP contribution in [-0.2, 0) is 10.8 Å². The van der Waals surface area contributed by atoms with Crippen LogP contribution in [-0.4, -0.2) is 43.0 Å². The van der Waals surface area contributed by atoms with Crippen LogP contribution in [0, 0.1) is 0 Å².